The lowest BCUT2D eigenvalue weighted by Gasteiger charge is -2.21. The van der Waals surface area contributed by atoms with Crippen LogP contribution >= 0.6 is 0 Å². The van der Waals surface area contributed by atoms with Crippen molar-refractivity contribution >= 4 is 27.7 Å². The maximum Gasteiger partial charge on any atom is 0.329 e. The first-order chi connectivity index (χ1) is 12.2. The summed E-state index contributed by atoms with van der Waals surface area (Å²) in [6.45, 7) is 7.43. The molecule has 8 nitrogen and oxygen atoms in total. The molecule has 0 saturated heterocycles. The van der Waals surface area contributed by atoms with E-state index in [0.29, 0.717) is 5.56 Å². The van der Waals surface area contributed by atoms with Gasteiger partial charge in [-0.1, -0.05) is 12.1 Å². The van der Waals surface area contributed by atoms with Crippen molar-refractivity contribution < 1.29 is 27.3 Å². The number of carbonyl (C=O) groups is 2. The minimum atomic E-state index is -4.45. The molecule has 1 amide bonds. The number of rotatable bonds is 10. The van der Waals surface area contributed by atoms with E-state index in [1.807, 2.05) is 12.1 Å². The molecular formula is C17H26N2O6S. The van der Waals surface area contributed by atoms with Crippen molar-refractivity contribution in [2.45, 2.75) is 33.2 Å². The maximum absolute atomic E-state index is 12.1. The molecule has 0 radical (unpaired) electrons. The molecule has 0 heterocycles. The van der Waals surface area contributed by atoms with Gasteiger partial charge in [0, 0.05) is 18.8 Å². The van der Waals surface area contributed by atoms with E-state index in [1.165, 1.54) is 0 Å². The lowest BCUT2D eigenvalue weighted by Crippen LogP contribution is -2.46. The van der Waals surface area contributed by atoms with Crippen LogP contribution in [0.5, 0.6) is 0 Å². The average molecular weight is 386 g/mol. The Morgan fingerprint density at radius 3 is 2.19 bits per heavy atom. The van der Waals surface area contributed by atoms with Crippen LogP contribution < -0.4 is 10.2 Å². The van der Waals surface area contributed by atoms with Crippen LogP contribution in [0.25, 0.3) is 0 Å². The summed E-state index contributed by atoms with van der Waals surface area (Å²) in [5, 5.41) is 2.30. The highest BCUT2D eigenvalue weighted by atomic mass is 32.2. The predicted molar refractivity (Wildman–Crippen MR) is 98.7 cm³/mol. The monoisotopic (exact) mass is 386 g/mol. The van der Waals surface area contributed by atoms with Gasteiger partial charge in [-0.25, -0.2) is 4.79 Å². The van der Waals surface area contributed by atoms with Crippen LogP contribution in [0.4, 0.5) is 5.69 Å². The van der Waals surface area contributed by atoms with Gasteiger partial charge < -0.3 is 15.0 Å². The Morgan fingerprint density at radius 2 is 1.73 bits per heavy atom. The fraction of sp³-hybridized carbons (Fsp3) is 0.529. The van der Waals surface area contributed by atoms with E-state index in [2.05, 4.69) is 24.1 Å². The lowest BCUT2D eigenvalue weighted by atomic mass is 10.1. The third-order valence-corrected chi connectivity index (χ3v) is 4.47. The van der Waals surface area contributed by atoms with E-state index in [4.69, 9.17) is 9.29 Å². The first-order valence-electron chi connectivity index (χ1n) is 8.45. The molecule has 0 aliphatic heterocycles. The molecule has 1 aromatic rings. The highest BCUT2D eigenvalue weighted by molar-refractivity contribution is 7.85. The SMILES string of the molecule is CCOC(=O)C(CS(=O)(=O)O)NC(=O)Cc1ccc(N(CC)CC)cc1. The molecule has 26 heavy (non-hydrogen) atoms. The standard InChI is InChI=1S/C17H26N2O6S/c1-4-19(5-2)14-9-7-13(8-10-14)11-16(20)18-15(12-26(22,23)24)17(21)25-6-3/h7-10,15H,4-6,11-12H2,1-3H3,(H,18,20)(H,22,23,24). The molecule has 1 atom stereocenters. The molecule has 1 rings (SSSR count). The number of hydrogen-bond acceptors (Lipinski definition) is 6. The number of nitrogens with one attached hydrogen (secondary N) is 1. The van der Waals surface area contributed by atoms with Crippen LogP contribution in [0.1, 0.15) is 26.3 Å². The number of carbonyl (C=O) groups excluding carboxylic acids is 2. The summed E-state index contributed by atoms with van der Waals surface area (Å²) in [5.74, 6) is -2.38. The van der Waals surface area contributed by atoms with Crippen LogP contribution in [0.2, 0.25) is 0 Å². The van der Waals surface area contributed by atoms with Gasteiger partial charge in [0.15, 0.2) is 0 Å². The van der Waals surface area contributed by atoms with Crippen LogP contribution in [0, 0.1) is 0 Å². The summed E-state index contributed by atoms with van der Waals surface area (Å²) in [7, 11) is -4.45. The quantitative estimate of drug-likeness (QED) is 0.456. The zero-order valence-electron chi connectivity index (χ0n) is 15.3. The smallest absolute Gasteiger partial charge is 0.329 e. The number of esters is 1. The second-order valence-corrected chi connectivity index (χ2v) is 7.13. The Kier molecular flexibility index (Phi) is 8.53. The number of anilines is 1. The summed E-state index contributed by atoms with van der Waals surface area (Å²) in [6.07, 6.45) is -0.0279. The Morgan fingerprint density at radius 1 is 1.15 bits per heavy atom. The molecule has 0 aliphatic rings. The van der Waals surface area contributed by atoms with E-state index < -0.39 is 33.8 Å². The van der Waals surface area contributed by atoms with Crippen LogP contribution in [0.15, 0.2) is 24.3 Å². The van der Waals surface area contributed by atoms with Crippen LogP contribution in [-0.4, -0.2) is 56.3 Å². The number of nitrogens with zero attached hydrogens (tertiary/aromatic N) is 1. The summed E-state index contributed by atoms with van der Waals surface area (Å²) in [4.78, 5) is 26.1. The van der Waals surface area contributed by atoms with Gasteiger partial charge in [-0.2, -0.15) is 8.42 Å². The van der Waals surface area contributed by atoms with E-state index in [0.717, 1.165) is 18.8 Å². The van der Waals surface area contributed by atoms with Crippen molar-refractivity contribution in [3.05, 3.63) is 29.8 Å². The van der Waals surface area contributed by atoms with E-state index >= 15 is 0 Å². The third kappa shape index (κ3) is 7.40. The van der Waals surface area contributed by atoms with E-state index in [-0.39, 0.29) is 13.0 Å². The highest BCUT2D eigenvalue weighted by Crippen LogP contribution is 2.15. The molecule has 1 aromatic carbocycles. The van der Waals surface area contributed by atoms with Gasteiger partial charge in [-0.3, -0.25) is 9.35 Å². The molecule has 0 fully saturated rings. The first kappa shape index (κ1) is 21.9. The van der Waals surface area contributed by atoms with Gasteiger partial charge in [0.05, 0.1) is 13.0 Å². The Hall–Kier alpha value is -2.13. The zero-order valence-corrected chi connectivity index (χ0v) is 16.1. The third-order valence-electron chi connectivity index (χ3n) is 3.71. The Labute approximate surface area is 154 Å². The van der Waals surface area contributed by atoms with Crippen molar-refractivity contribution in [1.29, 1.82) is 0 Å². The van der Waals surface area contributed by atoms with Gasteiger partial charge >= 0.3 is 5.97 Å². The fourth-order valence-electron chi connectivity index (χ4n) is 2.47. The molecule has 146 valence electrons. The molecule has 2 N–H and O–H groups in total. The number of hydrogen-bond donors (Lipinski definition) is 2. The summed E-state index contributed by atoms with van der Waals surface area (Å²) < 4.78 is 35.8. The summed E-state index contributed by atoms with van der Waals surface area (Å²) in [5.41, 5.74) is 1.75. The average Bonchev–Trinajstić information content (AvgIpc) is 2.56. The maximum atomic E-state index is 12.1. The molecule has 9 heteroatoms. The van der Waals surface area contributed by atoms with Gasteiger partial charge in [0.25, 0.3) is 10.1 Å². The molecule has 0 aromatic heterocycles. The van der Waals surface area contributed by atoms with Crippen LogP contribution in [0.3, 0.4) is 0 Å². The first-order valence-corrected chi connectivity index (χ1v) is 10.1. The van der Waals surface area contributed by atoms with Crippen LogP contribution in [-0.2, 0) is 30.9 Å². The largest absolute Gasteiger partial charge is 0.464 e. The normalized spacial score (nSPS) is 12.3. The Balaban J connectivity index is 2.76. The molecular weight excluding hydrogens is 360 g/mol. The minimum absolute atomic E-state index is 0.0279. The van der Waals surface area contributed by atoms with E-state index in [1.54, 1.807) is 19.1 Å². The number of ether oxygens (including phenoxy) is 1. The fourth-order valence-corrected chi connectivity index (χ4v) is 3.11. The van der Waals surface area contributed by atoms with Crippen molar-refractivity contribution in [1.82, 2.24) is 5.32 Å². The molecule has 0 saturated carbocycles. The topological polar surface area (TPSA) is 113 Å². The molecule has 1 unspecified atom stereocenters. The molecule has 0 spiro atoms. The van der Waals surface area contributed by atoms with Crippen molar-refractivity contribution in [3.63, 3.8) is 0 Å². The zero-order chi connectivity index (χ0) is 19.7. The van der Waals surface area contributed by atoms with Gasteiger partial charge in [-0.05, 0) is 38.5 Å². The van der Waals surface area contributed by atoms with Crippen molar-refractivity contribution in [2.24, 2.45) is 0 Å². The second-order valence-electron chi connectivity index (χ2n) is 5.64. The van der Waals surface area contributed by atoms with Gasteiger partial charge in [0.2, 0.25) is 5.91 Å². The number of amides is 1. The molecule has 0 bridgehead atoms. The highest BCUT2D eigenvalue weighted by Gasteiger charge is 2.27. The van der Waals surface area contributed by atoms with Crippen molar-refractivity contribution in [3.8, 4) is 0 Å². The lowest BCUT2D eigenvalue weighted by molar-refractivity contribution is -0.146. The summed E-state index contributed by atoms with van der Waals surface area (Å²) >= 11 is 0. The second kappa shape index (κ2) is 10.1. The number of benzene rings is 1. The van der Waals surface area contributed by atoms with Gasteiger partial charge in [-0.15, -0.1) is 0 Å². The molecule has 0 aliphatic carbocycles. The Bertz CT molecular complexity index is 698. The minimum Gasteiger partial charge on any atom is -0.464 e. The summed E-state index contributed by atoms with van der Waals surface area (Å²) in [6, 6.07) is 5.95. The van der Waals surface area contributed by atoms with E-state index in [9.17, 15) is 18.0 Å². The van der Waals surface area contributed by atoms with Gasteiger partial charge in [0.1, 0.15) is 11.8 Å². The van der Waals surface area contributed by atoms with Crippen molar-refractivity contribution in [2.75, 3.05) is 30.3 Å². The predicted octanol–water partition coefficient (Wildman–Crippen LogP) is 1.01.